The maximum absolute atomic E-state index is 10.6. The predicted molar refractivity (Wildman–Crippen MR) is 94.7 cm³/mol. The van der Waals surface area contributed by atoms with E-state index in [0.717, 1.165) is 6.42 Å². The van der Waals surface area contributed by atoms with Crippen LogP contribution in [-0.2, 0) is 0 Å². The van der Waals surface area contributed by atoms with Gasteiger partial charge < -0.3 is 0 Å². The molecule has 0 aromatic rings. The van der Waals surface area contributed by atoms with Crippen molar-refractivity contribution in [2.45, 2.75) is 117 Å². The summed E-state index contributed by atoms with van der Waals surface area (Å²) in [5, 5.41) is 3.23. The van der Waals surface area contributed by atoms with E-state index in [1.165, 1.54) is 83.5 Å². The highest BCUT2D eigenvalue weighted by atomic mass is 16.3. The zero-order valence-electron chi connectivity index (χ0n) is 14.9. The van der Waals surface area contributed by atoms with E-state index >= 15 is 0 Å². The normalized spacial score (nSPS) is 14.0. The van der Waals surface area contributed by atoms with Gasteiger partial charge in [-0.05, 0) is 18.8 Å². The average Bonchev–Trinajstić information content (AvgIpc) is 2.49. The van der Waals surface area contributed by atoms with E-state index < -0.39 is 0 Å². The van der Waals surface area contributed by atoms with Gasteiger partial charge in [0.05, 0.1) is 6.04 Å². The van der Waals surface area contributed by atoms with E-state index in [1.54, 1.807) is 0 Å². The number of unbranched alkanes of at least 4 members (excludes halogenated alkanes) is 11. The molecular formula is C19H39NO. The monoisotopic (exact) mass is 297 g/mol. The fourth-order valence-corrected chi connectivity index (χ4v) is 3.08. The standard InChI is InChI=1S/C19H39NO/c1-4-6-7-8-9-10-11-12-13-14-15-16-17-18(3)19(5-2)20-21/h18-19H,4-17H2,1-3H3. The first-order valence-electron chi connectivity index (χ1n) is 9.58. The summed E-state index contributed by atoms with van der Waals surface area (Å²) in [5.74, 6) is 0.468. The Kier molecular flexibility index (Phi) is 15.7. The van der Waals surface area contributed by atoms with Crippen LogP contribution >= 0.6 is 0 Å². The molecule has 2 unspecified atom stereocenters. The maximum atomic E-state index is 10.6. The van der Waals surface area contributed by atoms with Crippen LogP contribution in [0.15, 0.2) is 5.18 Å². The molecule has 0 spiro atoms. The first-order chi connectivity index (χ1) is 10.3. The van der Waals surface area contributed by atoms with Crippen molar-refractivity contribution in [3.63, 3.8) is 0 Å². The average molecular weight is 298 g/mol. The molecule has 0 aliphatic rings. The van der Waals surface area contributed by atoms with E-state index in [4.69, 9.17) is 0 Å². The quantitative estimate of drug-likeness (QED) is 0.218. The summed E-state index contributed by atoms with van der Waals surface area (Å²) < 4.78 is 0. The Bertz CT molecular complexity index is 218. The van der Waals surface area contributed by atoms with Crippen molar-refractivity contribution in [2.75, 3.05) is 0 Å². The van der Waals surface area contributed by atoms with Crippen LogP contribution in [0.4, 0.5) is 0 Å². The smallest absolute Gasteiger partial charge is 0.0942 e. The molecule has 0 aliphatic carbocycles. The maximum Gasteiger partial charge on any atom is 0.0942 e. The molecule has 0 saturated carbocycles. The number of hydrogen-bond acceptors (Lipinski definition) is 2. The highest BCUT2D eigenvalue weighted by molar-refractivity contribution is 4.70. The third-order valence-electron chi connectivity index (χ3n) is 4.72. The van der Waals surface area contributed by atoms with Gasteiger partial charge in [0, 0.05) is 0 Å². The Balaban J connectivity index is 3.20. The van der Waals surface area contributed by atoms with Crippen molar-refractivity contribution >= 4 is 0 Å². The predicted octanol–water partition coefficient (Wildman–Crippen LogP) is 7.26. The van der Waals surface area contributed by atoms with Crippen molar-refractivity contribution in [1.29, 1.82) is 0 Å². The summed E-state index contributed by atoms with van der Waals surface area (Å²) in [5.41, 5.74) is 0. The molecule has 0 fully saturated rings. The van der Waals surface area contributed by atoms with Crippen molar-refractivity contribution < 1.29 is 0 Å². The second kappa shape index (κ2) is 16.0. The Morgan fingerprint density at radius 1 is 0.714 bits per heavy atom. The highest BCUT2D eigenvalue weighted by Crippen LogP contribution is 2.19. The van der Waals surface area contributed by atoms with Gasteiger partial charge in [-0.15, -0.1) is 0 Å². The van der Waals surface area contributed by atoms with Crippen LogP contribution in [0.2, 0.25) is 0 Å². The van der Waals surface area contributed by atoms with E-state index in [0.29, 0.717) is 5.92 Å². The van der Waals surface area contributed by atoms with E-state index in [9.17, 15) is 4.91 Å². The largest absolute Gasteiger partial charge is 0.151 e. The molecule has 0 aromatic heterocycles. The Labute approximate surface area is 133 Å². The van der Waals surface area contributed by atoms with Crippen molar-refractivity contribution in [3.05, 3.63) is 4.91 Å². The molecule has 2 nitrogen and oxygen atoms in total. The van der Waals surface area contributed by atoms with Crippen LogP contribution in [0, 0.1) is 10.8 Å². The fourth-order valence-electron chi connectivity index (χ4n) is 3.08. The molecule has 0 amide bonds. The summed E-state index contributed by atoms with van der Waals surface area (Å²) in [6.07, 6.45) is 18.8. The number of hydrogen-bond donors (Lipinski definition) is 0. The number of rotatable bonds is 16. The van der Waals surface area contributed by atoms with Crippen LogP contribution in [0.25, 0.3) is 0 Å². The number of nitroso groups, excluding NO2 is 1. The topological polar surface area (TPSA) is 29.4 Å². The zero-order chi connectivity index (χ0) is 15.8. The number of nitrogens with zero attached hydrogens (tertiary/aromatic N) is 1. The van der Waals surface area contributed by atoms with E-state index in [2.05, 4.69) is 25.9 Å². The Hall–Kier alpha value is -0.400. The SMILES string of the molecule is CCCCCCCCCCCCCCC(C)C(CC)N=O. The first kappa shape index (κ1) is 20.6. The Morgan fingerprint density at radius 2 is 1.14 bits per heavy atom. The van der Waals surface area contributed by atoms with Gasteiger partial charge in [-0.2, -0.15) is 4.91 Å². The van der Waals surface area contributed by atoms with Gasteiger partial charge in [-0.25, -0.2) is 0 Å². The molecule has 0 aromatic carbocycles. The van der Waals surface area contributed by atoms with Gasteiger partial charge in [0.25, 0.3) is 0 Å². The molecule has 21 heavy (non-hydrogen) atoms. The molecule has 0 rings (SSSR count). The second-order valence-electron chi connectivity index (χ2n) is 6.74. The van der Waals surface area contributed by atoms with Crippen LogP contribution in [0.1, 0.15) is 111 Å². The molecule has 0 bridgehead atoms. The lowest BCUT2D eigenvalue weighted by molar-refractivity contribution is 0.396. The van der Waals surface area contributed by atoms with Crippen LogP contribution in [0.3, 0.4) is 0 Å². The Morgan fingerprint density at radius 3 is 1.52 bits per heavy atom. The summed E-state index contributed by atoms with van der Waals surface area (Å²) in [6, 6.07) is 0.0395. The van der Waals surface area contributed by atoms with Crippen molar-refractivity contribution in [3.8, 4) is 0 Å². The molecule has 0 heterocycles. The van der Waals surface area contributed by atoms with Crippen LogP contribution in [-0.4, -0.2) is 6.04 Å². The van der Waals surface area contributed by atoms with E-state index in [1.807, 2.05) is 0 Å². The molecule has 0 aliphatic heterocycles. The molecular weight excluding hydrogens is 258 g/mol. The molecule has 2 atom stereocenters. The molecule has 126 valence electrons. The lowest BCUT2D eigenvalue weighted by atomic mass is 9.94. The second-order valence-corrected chi connectivity index (χ2v) is 6.74. The molecule has 2 heteroatoms. The van der Waals surface area contributed by atoms with Crippen molar-refractivity contribution in [1.82, 2.24) is 0 Å². The van der Waals surface area contributed by atoms with Gasteiger partial charge in [0.1, 0.15) is 0 Å². The molecule has 0 radical (unpaired) electrons. The molecule has 0 N–H and O–H groups in total. The first-order valence-corrected chi connectivity index (χ1v) is 9.58. The third-order valence-corrected chi connectivity index (χ3v) is 4.72. The van der Waals surface area contributed by atoms with E-state index in [-0.39, 0.29) is 6.04 Å². The van der Waals surface area contributed by atoms with Gasteiger partial charge in [-0.1, -0.05) is 103 Å². The van der Waals surface area contributed by atoms with Gasteiger partial charge >= 0.3 is 0 Å². The van der Waals surface area contributed by atoms with Gasteiger partial charge in [-0.3, -0.25) is 0 Å². The van der Waals surface area contributed by atoms with Gasteiger partial charge in [0.2, 0.25) is 0 Å². The summed E-state index contributed by atoms with van der Waals surface area (Å²) >= 11 is 0. The minimum Gasteiger partial charge on any atom is -0.151 e. The minimum absolute atomic E-state index is 0.0395. The fraction of sp³-hybridized carbons (Fsp3) is 1.00. The van der Waals surface area contributed by atoms with Gasteiger partial charge in [0.15, 0.2) is 0 Å². The molecule has 0 saturated heterocycles. The minimum atomic E-state index is 0.0395. The summed E-state index contributed by atoms with van der Waals surface area (Å²) in [4.78, 5) is 10.6. The highest BCUT2D eigenvalue weighted by Gasteiger charge is 2.14. The lowest BCUT2D eigenvalue weighted by Crippen LogP contribution is -2.13. The summed E-state index contributed by atoms with van der Waals surface area (Å²) in [6.45, 7) is 6.51. The zero-order valence-corrected chi connectivity index (χ0v) is 14.9. The van der Waals surface area contributed by atoms with Crippen LogP contribution in [0.5, 0.6) is 0 Å². The third kappa shape index (κ3) is 13.0. The van der Waals surface area contributed by atoms with Crippen LogP contribution < -0.4 is 0 Å². The van der Waals surface area contributed by atoms with Crippen molar-refractivity contribution in [2.24, 2.45) is 11.1 Å². The summed E-state index contributed by atoms with van der Waals surface area (Å²) in [7, 11) is 0. The lowest BCUT2D eigenvalue weighted by Gasteiger charge is -2.15.